The first kappa shape index (κ1) is 15.1. The van der Waals surface area contributed by atoms with E-state index >= 15 is 0 Å². The second kappa shape index (κ2) is 6.93. The summed E-state index contributed by atoms with van der Waals surface area (Å²) in [6, 6.07) is 11.2. The molecule has 2 rings (SSSR count). The molecule has 0 aromatic heterocycles. The van der Waals surface area contributed by atoms with Crippen molar-refractivity contribution in [1.82, 2.24) is 0 Å². The Morgan fingerprint density at radius 3 is 2.14 bits per heavy atom. The highest BCUT2D eigenvalue weighted by molar-refractivity contribution is 5.74. The van der Waals surface area contributed by atoms with Gasteiger partial charge >= 0.3 is 0 Å². The number of hydrogen-bond donors (Lipinski definition) is 0. The fourth-order valence-electron chi connectivity index (χ4n) is 2.09. The van der Waals surface area contributed by atoms with Crippen molar-refractivity contribution in [2.45, 2.75) is 20.8 Å². The van der Waals surface area contributed by atoms with Gasteiger partial charge in [-0.15, -0.1) is 0 Å². The van der Waals surface area contributed by atoms with Crippen LogP contribution >= 0.6 is 0 Å². The Kier molecular flexibility index (Phi) is 4.99. The zero-order valence-corrected chi connectivity index (χ0v) is 12.7. The third kappa shape index (κ3) is 3.85. The van der Waals surface area contributed by atoms with Crippen molar-refractivity contribution < 1.29 is 14.3 Å². The number of rotatable bonds is 6. The summed E-state index contributed by atoms with van der Waals surface area (Å²) in [6.45, 7) is 7.14. The SMILES string of the molecule is Cc1ccc(C)c(OCCOc2ccc(C=O)cc2)c1C. The standard InChI is InChI=1S/C18H20O3/c1-13-4-5-14(2)18(15(13)3)21-11-10-20-17-8-6-16(12-19)7-9-17/h4-9,12H,10-11H2,1-3H3. The van der Waals surface area contributed by atoms with Crippen LogP contribution in [0.15, 0.2) is 36.4 Å². The van der Waals surface area contributed by atoms with E-state index in [1.54, 1.807) is 24.3 Å². The fourth-order valence-corrected chi connectivity index (χ4v) is 2.09. The number of benzene rings is 2. The summed E-state index contributed by atoms with van der Waals surface area (Å²) in [5.74, 6) is 1.68. The van der Waals surface area contributed by atoms with Gasteiger partial charge in [0.2, 0.25) is 0 Å². The molecule has 3 heteroatoms. The summed E-state index contributed by atoms with van der Waals surface area (Å²) in [5.41, 5.74) is 4.17. The minimum atomic E-state index is 0.466. The molecule has 2 aromatic carbocycles. The first-order valence-corrected chi connectivity index (χ1v) is 6.99. The van der Waals surface area contributed by atoms with Gasteiger partial charge in [-0.1, -0.05) is 12.1 Å². The molecule has 0 radical (unpaired) electrons. The van der Waals surface area contributed by atoms with E-state index in [2.05, 4.69) is 26.0 Å². The van der Waals surface area contributed by atoms with Gasteiger partial charge in [0.25, 0.3) is 0 Å². The molecule has 0 unspecified atom stereocenters. The third-order valence-corrected chi connectivity index (χ3v) is 3.49. The Bertz CT molecular complexity index is 615. The Labute approximate surface area is 125 Å². The molecule has 0 atom stereocenters. The first-order chi connectivity index (χ1) is 10.1. The van der Waals surface area contributed by atoms with Gasteiger partial charge in [-0.25, -0.2) is 0 Å². The van der Waals surface area contributed by atoms with E-state index in [0.717, 1.165) is 23.3 Å². The second-order valence-electron chi connectivity index (χ2n) is 5.04. The average molecular weight is 284 g/mol. The summed E-state index contributed by atoms with van der Waals surface area (Å²) < 4.78 is 11.4. The van der Waals surface area contributed by atoms with Crippen LogP contribution in [0.3, 0.4) is 0 Å². The molecule has 2 aromatic rings. The molecule has 0 amide bonds. The third-order valence-electron chi connectivity index (χ3n) is 3.49. The summed E-state index contributed by atoms with van der Waals surface area (Å²) in [6.07, 6.45) is 0.816. The highest BCUT2D eigenvalue weighted by Crippen LogP contribution is 2.25. The Balaban J connectivity index is 1.87. The van der Waals surface area contributed by atoms with Crippen molar-refractivity contribution in [2.75, 3.05) is 13.2 Å². The molecular formula is C18H20O3. The molecule has 0 aliphatic heterocycles. The zero-order valence-electron chi connectivity index (χ0n) is 12.7. The molecule has 0 spiro atoms. The van der Waals surface area contributed by atoms with Crippen LogP contribution in [0.25, 0.3) is 0 Å². The molecule has 0 saturated carbocycles. The van der Waals surface area contributed by atoms with E-state index in [1.807, 2.05) is 6.92 Å². The fraction of sp³-hybridized carbons (Fsp3) is 0.278. The number of ether oxygens (including phenoxy) is 2. The summed E-state index contributed by atoms with van der Waals surface area (Å²) in [7, 11) is 0. The lowest BCUT2D eigenvalue weighted by molar-refractivity contribution is 0.112. The molecule has 0 N–H and O–H groups in total. The second-order valence-corrected chi connectivity index (χ2v) is 5.04. The summed E-state index contributed by atoms with van der Waals surface area (Å²) in [4.78, 5) is 10.6. The van der Waals surface area contributed by atoms with E-state index in [9.17, 15) is 4.79 Å². The minimum Gasteiger partial charge on any atom is -0.490 e. The maximum Gasteiger partial charge on any atom is 0.150 e. The number of aldehydes is 1. The maximum absolute atomic E-state index is 10.6. The predicted octanol–water partition coefficient (Wildman–Crippen LogP) is 3.88. The molecule has 0 aliphatic rings. The number of hydrogen-bond acceptors (Lipinski definition) is 3. The van der Waals surface area contributed by atoms with Crippen molar-refractivity contribution >= 4 is 6.29 Å². The van der Waals surface area contributed by atoms with E-state index in [0.29, 0.717) is 18.8 Å². The van der Waals surface area contributed by atoms with E-state index in [1.165, 1.54) is 11.1 Å². The van der Waals surface area contributed by atoms with Gasteiger partial charge < -0.3 is 9.47 Å². The highest BCUT2D eigenvalue weighted by Gasteiger charge is 2.06. The van der Waals surface area contributed by atoms with Crippen molar-refractivity contribution in [3.05, 3.63) is 58.7 Å². The van der Waals surface area contributed by atoms with Gasteiger partial charge in [0.15, 0.2) is 0 Å². The molecule has 0 aliphatic carbocycles. The quantitative estimate of drug-likeness (QED) is 0.596. The summed E-state index contributed by atoms with van der Waals surface area (Å²) in [5, 5.41) is 0. The smallest absolute Gasteiger partial charge is 0.150 e. The van der Waals surface area contributed by atoms with Gasteiger partial charge in [0.1, 0.15) is 31.0 Å². The van der Waals surface area contributed by atoms with E-state index < -0.39 is 0 Å². The van der Waals surface area contributed by atoms with Crippen molar-refractivity contribution in [2.24, 2.45) is 0 Å². The van der Waals surface area contributed by atoms with Gasteiger partial charge in [0, 0.05) is 5.56 Å². The van der Waals surface area contributed by atoms with Crippen LogP contribution in [0.5, 0.6) is 11.5 Å². The molecular weight excluding hydrogens is 264 g/mol. The van der Waals surface area contributed by atoms with Crippen LogP contribution in [0, 0.1) is 20.8 Å². The van der Waals surface area contributed by atoms with E-state index in [4.69, 9.17) is 9.47 Å². The van der Waals surface area contributed by atoms with E-state index in [-0.39, 0.29) is 0 Å². The summed E-state index contributed by atoms with van der Waals surface area (Å²) >= 11 is 0. The van der Waals surface area contributed by atoms with Crippen LogP contribution in [0.1, 0.15) is 27.0 Å². The van der Waals surface area contributed by atoms with Crippen LogP contribution < -0.4 is 9.47 Å². The van der Waals surface area contributed by atoms with Crippen LogP contribution in [0.2, 0.25) is 0 Å². The van der Waals surface area contributed by atoms with Crippen LogP contribution in [-0.4, -0.2) is 19.5 Å². The number of aryl methyl sites for hydroxylation is 2. The predicted molar refractivity (Wildman–Crippen MR) is 83.5 cm³/mol. The zero-order chi connectivity index (χ0) is 15.2. The lowest BCUT2D eigenvalue weighted by Gasteiger charge is -2.14. The highest BCUT2D eigenvalue weighted by atomic mass is 16.5. The van der Waals surface area contributed by atoms with Crippen molar-refractivity contribution in [1.29, 1.82) is 0 Å². The molecule has 0 bridgehead atoms. The monoisotopic (exact) mass is 284 g/mol. The Hall–Kier alpha value is -2.29. The molecule has 110 valence electrons. The largest absolute Gasteiger partial charge is 0.490 e. The number of carbonyl (C=O) groups excluding carboxylic acids is 1. The van der Waals surface area contributed by atoms with Crippen LogP contribution in [0.4, 0.5) is 0 Å². The van der Waals surface area contributed by atoms with Gasteiger partial charge in [0.05, 0.1) is 0 Å². The lowest BCUT2D eigenvalue weighted by atomic mass is 10.1. The molecule has 0 heterocycles. The van der Waals surface area contributed by atoms with Gasteiger partial charge in [-0.2, -0.15) is 0 Å². The molecule has 21 heavy (non-hydrogen) atoms. The normalized spacial score (nSPS) is 10.2. The topological polar surface area (TPSA) is 35.5 Å². The van der Waals surface area contributed by atoms with Gasteiger partial charge in [-0.05, 0) is 61.7 Å². The Morgan fingerprint density at radius 2 is 1.48 bits per heavy atom. The van der Waals surface area contributed by atoms with Gasteiger partial charge in [-0.3, -0.25) is 4.79 Å². The van der Waals surface area contributed by atoms with Crippen molar-refractivity contribution in [3.8, 4) is 11.5 Å². The lowest BCUT2D eigenvalue weighted by Crippen LogP contribution is -2.10. The van der Waals surface area contributed by atoms with Crippen LogP contribution in [-0.2, 0) is 0 Å². The Morgan fingerprint density at radius 1 is 0.857 bits per heavy atom. The average Bonchev–Trinajstić information content (AvgIpc) is 2.51. The molecule has 0 fully saturated rings. The molecule has 3 nitrogen and oxygen atoms in total. The maximum atomic E-state index is 10.6. The molecule has 0 saturated heterocycles. The number of carbonyl (C=O) groups is 1. The van der Waals surface area contributed by atoms with Crippen molar-refractivity contribution in [3.63, 3.8) is 0 Å². The minimum absolute atomic E-state index is 0.466. The first-order valence-electron chi connectivity index (χ1n) is 6.99.